The van der Waals surface area contributed by atoms with Crippen LogP contribution in [0.3, 0.4) is 0 Å². The van der Waals surface area contributed by atoms with Gasteiger partial charge >= 0.3 is 11.8 Å². The summed E-state index contributed by atoms with van der Waals surface area (Å²) in [4.78, 5) is 27.6. The van der Waals surface area contributed by atoms with Gasteiger partial charge < -0.3 is 23.4 Å². The number of benzene rings is 3. The molecule has 0 aliphatic carbocycles. The van der Waals surface area contributed by atoms with E-state index in [9.17, 15) is 9.59 Å². The number of rotatable bonds is 13. The number of hydrogen-bond donors (Lipinski definition) is 2. The fourth-order valence-electron chi connectivity index (χ4n) is 5.85. The highest BCUT2D eigenvalue weighted by molar-refractivity contribution is 8.54. The van der Waals surface area contributed by atoms with Crippen molar-refractivity contribution in [2.24, 2.45) is 0 Å². The second kappa shape index (κ2) is 15.6. The molecule has 5 rings (SSSR count). The molecule has 5 atom stereocenters. The molecule has 1 N–H and O–H groups in total. The Labute approximate surface area is 304 Å². The highest BCUT2D eigenvalue weighted by Gasteiger charge is 2.55. The zero-order chi connectivity index (χ0) is 36.3. The van der Waals surface area contributed by atoms with Crippen molar-refractivity contribution >= 4 is 38.5 Å². The van der Waals surface area contributed by atoms with E-state index in [2.05, 4.69) is 51.1 Å². The molecular weight excluding hydrogens is 712 g/mol. The SMILES string of the molecule is COc1ccc(C(OC[C@H]2O[C@@H](n3ccc(=O)[nH]c3=O)[C@H](O[Si](C)(C)C(C)(C)C)[C@@H]2O[P+](=S)S)(c2ccccc2)c2ccc(OC)cc2)cc1. The Hall–Kier alpha value is -3.13. The molecule has 1 aliphatic heterocycles. The van der Waals surface area contributed by atoms with Gasteiger partial charge in [-0.05, 0) is 59.1 Å². The first-order valence-corrected chi connectivity index (χ1v) is 22.5. The summed E-state index contributed by atoms with van der Waals surface area (Å²) in [5, 5.41) is -0.183. The Kier molecular flexibility index (Phi) is 11.9. The molecule has 1 saturated heterocycles. The zero-order valence-corrected chi connectivity index (χ0v) is 32.8. The molecule has 10 nitrogen and oxygen atoms in total. The summed E-state index contributed by atoms with van der Waals surface area (Å²) in [5.74, 6) is 1.40. The van der Waals surface area contributed by atoms with E-state index in [4.69, 9.17) is 39.7 Å². The highest BCUT2D eigenvalue weighted by Crippen LogP contribution is 2.47. The van der Waals surface area contributed by atoms with Crippen molar-refractivity contribution < 1.29 is 27.9 Å². The second-order valence-corrected chi connectivity index (χ2v) is 21.9. The van der Waals surface area contributed by atoms with Crippen molar-refractivity contribution in [3.05, 3.63) is 129 Å². The lowest BCUT2D eigenvalue weighted by molar-refractivity contribution is -0.0929. The topological polar surface area (TPSA) is 110 Å². The first kappa shape index (κ1) is 38.1. The van der Waals surface area contributed by atoms with Crippen molar-refractivity contribution in [2.75, 3.05) is 20.8 Å². The lowest BCUT2D eigenvalue weighted by Gasteiger charge is -2.40. The number of nitrogens with zero attached hydrogens (tertiary/aromatic N) is 1. The van der Waals surface area contributed by atoms with E-state index in [1.165, 1.54) is 16.8 Å². The van der Waals surface area contributed by atoms with Gasteiger partial charge in [0.05, 0.1) is 20.8 Å². The summed E-state index contributed by atoms with van der Waals surface area (Å²) in [5.41, 5.74) is 0.256. The van der Waals surface area contributed by atoms with E-state index in [1.807, 2.05) is 78.9 Å². The van der Waals surface area contributed by atoms with E-state index in [0.717, 1.165) is 16.7 Å². The number of hydrogen-bond acceptors (Lipinski definition) is 9. The van der Waals surface area contributed by atoms with Gasteiger partial charge in [0.2, 0.25) is 11.8 Å². The number of methoxy groups -OCH3 is 2. The number of ether oxygens (including phenoxy) is 4. The molecule has 1 aliphatic rings. The standard InChI is InChI=1S/C36H43N2O8PS2Si/c1-35(2,3)50(6,7)46-32-31(45-47(48)49)29(44-33(32)38-22-21-30(39)37-34(38)40)23-43-36(24-11-9-8-10-12-24,25-13-17-27(41-4)18-14-25)26-15-19-28(42-5)20-16-26/h8-22,29,31-33H,23H2,1-7H3,(H-,37,39,40,48,49)/p+1/t29-,31-,32-,33-/m1/s1. The molecule has 1 unspecified atom stereocenters. The molecule has 0 saturated carbocycles. The Morgan fingerprint density at radius 1 is 0.860 bits per heavy atom. The van der Waals surface area contributed by atoms with Crippen molar-refractivity contribution in [2.45, 2.75) is 69.0 Å². The van der Waals surface area contributed by atoms with Crippen molar-refractivity contribution in [3.8, 4) is 11.5 Å². The maximum absolute atomic E-state index is 13.2. The molecule has 50 heavy (non-hydrogen) atoms. The monoisotopic (exact) mass is 755 g/mol. The summed E-state index contributed by atoms with van der Waals surface area (Å²) in [6, 6.07) is 26.7. The largest absolute Gasteiger partial charge is 0.497 e. The zero-order valence-electron chi connectivity index (χ0n) is 29.2. The molecule has 0 amide bonds. The number of nitrogens with one attached hydrogen (secondary N) is 1. The summed E-state index contributed by atoms with van der Waals surface area (Å²) in [6.45, 7) is 10.6. The number of H-pyrrole nitrogens is 1. The molecule has 1 fully saturated rings. The van der Waals surface area contributed by atoms with E-state index >= 15 is 0 Å². The van der Waals surface area contributed by atoms with E-state index < -0.39 is 55.8 Å². The molecule has 2 heterocycles. The number of aromatic amines is 1. The summed E-state index contributed by atoms with van der Waals surface area (Å²) < 4.78 is 39.6. The molecule has 14 heteroatoms. The Morgan fingerprint density at radius 3 is 1.88 bits per heavy atom. The predicted octanol–water partition coefficient (Wildman–Crippen LogP) is 6.94. The third kappa shape index (κ3) is 8.00. The van der Waals surface area contributed by atoms with Crippen LogP contribution in [0.2, 0.25) is 18.1 Å². The van der Waals surface area contributed by atoms with Crippen LogP contribution in [0.15, 0.2) is 101 Å². The Bertz CT molecular complexity index is 1830. The molecule has 4 aromatic rings. The van der Waals surface area contributed by atoms with E-state index in [-0.39, 0.29) is 11.6 Å². The minimum Gasteiger partial charge on any atom is -0.497 e. The number of thiol groups is 1. The molecule has 3 aromatic carbocycles. The summed E-state index contributed by atoms with van der Waals surface area (Å²) in [7, 11) is 0.753. The Morgan fingerprint density at radius 2 is 1.40 bits per heavy atom. The van der Waals surface area contributed by atoms with Crippen LogP contribution in [0.25, 0.3) is 0 Å². The van der Waals surface area contributed by atoms with Gasteiger partial charge in [-0.25, -0.2) is 4.79 Å². The van der Waals surface area contributed by atoms with Gasteiger partial charge in [0.15, 0.2) is 20.6 Å². The third-order valence-electron chi connectivity index (χ3n) is 9.50. The van der Waals surface area contributed by atoms with Gasteiger partial charge in [-0.2, -0.15) is 0 Å². The highest BCUT2D eigenvalue weighted by atomic mass is 32.9. The van der Waals surface area contributed by atoms with Crippen LogP contribution in [0, 0.1) is 0 Å². The molecule has 0 spiro atoms. The Balaban J connectivity index is 1.65. The quantitative estimate of drug-likeness (QED) is 0.0650. The molecule has 0 radical (unpaired) electrons. The molecule has 1 aromatic heterocycles. The normalized spacial score (nSPS) is 20.0. The van der Waals surface area contributed by atoms with Crippen LogP contribution in [-0.2, 0) is 35.8 Å². The average Bonchev–Trinajstić information content (AvgIpc) is 3.40. The van der Waals surface area contributed by atoms with Crippen LogP contribution < -0.4 is 20.7 Å². The minimum atomic E-state index is -2.49. The van der Waals surface area contributed by atoms with E-state index in [1.54, 1.807) is 14.2 Å². The molecular formula is C36H44N2O8PS2Si+. The fraction of sp³-hybridized carbons (Fsp3) is 0.389. The molecule has 0 bridgehead atoms. The number of aromatic nitrogens is 2. The van der Waals surface area contributed by atoms with Gasteiger partial charge in [-0.3, -0.25) is 14.3 Å². The second-order valence-electron chi connectivity index (χ2n) is 13.5. The molecule has 266 valence electrons. The summed E-state index contributed by atoms with van der Waals surface area (Å²) in [6.07, 6.45) is -3.48. The van der Waals surface area contributed by atoms with Crippen LogP contribution in [0.1, 0.15) is 43.7 Å². The van der Waals surface area contributed by atoms with Gasteiger partial charge in [0.25, 0.3) is 5.56 Å². The van der Waals surface area contributed by atoms with E-state index in [0.29, 0.717) is 11.5 Å². The third-order valence-corrected chi connectivity index (χ3v) is 14.9. The first-order chi connectivity index (χ1) is 23.7. The lowest BCUT2D eigenvalue weighted by atomic mass is 9.80. The fourth-order valence-corrected chi connectivity index (χ4v) is 8.22. The van der Waals surface area contributed by atoms with Crippen LogP contribution in [-0.4, -0.2) is 57.0 Å². The van der Waals surface area contributed by atoms with Crippen LogP contribution in [0.5, 0.6) is 11.5 Å². The maximum atomic E-state index is 13.2. The van der Waals surface area contributed by atoms with Crippen molar-refractivity contribution in [1.29, 1.82) is 0 Å². The van der Waals surface area contributed by atoms with Gasteiger partial charge in [0.1, 0.15) is 41.6 Å². The van der Waals surface area contributed by atoms with Gasteiger partial charge in [-0.15, -0.1) is 4.52 Å². The van der Waals surface area contributed by atoms with Crippen molar-refractivity contribution in [3.63, 3.8) is 0 Å². The minimum absolute atomic E-state index is 0.00410. The average molecular weight is 756 g/mol. The van der Waals surface area contributed by atoms with Crippen LogP contribution in [0.4, 0.5) is 0 Å². The first-order valence-electron chi connectivity index (χ1n) is 16.2. The van der Waals surface area contributed by atoms with Gasteiger partial charge in [0, 0.05) is 12.3 Å². The smallest absolute Gasteiger partial charge is 0.411 e. The summed E-state index contributed by atoms with van der Waals surface area (Å²) >= 11 is 9.98. The van der Waals surface area contributed by atoms with Gasteiger partial charge in [-0.1, -0.05) is 75.4 Å². The predicted molar refractivity (Wildman–Crippen MR) is 204 cm³/mol. The van der Waals surface area contributed by atoms with Crippen molar-refractivity contribution in [1.82, 2.24) is 9.55 Å². The maximum Gasteiger partial charge on any atom is 0.411 e. The van der Waals surface area contributed by atoms with Crippen LogP contribution >= 0.6 is 18.4 Å². The lowest BCUT2D eigenvalue weighted by Crippen LogP contribution is -2.50.